The molecule has 0 spiro atoms. The number of thiazole rings is 1. The Hall–Kier alpha value is -1.38. The summed E-state index contributed by atoms with van der Waals surface area (Å²) in [6.45, 7) is 6.79. The van der Waals surface area contributed by atoms with Crippen LogP contribution in [0.5, 0.6) is 0 Å². The summed E-state index contributed by atoms with van der Waals surface area (Å²) in [7, 11) is 0. The molecule has 1 amide bonds. The topological polar surface area (TPSA) is 90.7 Å². The highest BCUT2D eigenvalue weighted by Gasteiger charge is 2.30. The standard InChI is InChI=1S/C19H28N2O4S2/c1-4-9-19(2,3)15(22)7-5-13-6-8-16(23)21(13)10-11-26-18-20-14(12-27-18)17(24)25/h5,7,12-13,15,22H,4,6,8-11H2,1-3H3,(H,24,25)/b7-5+/t13-,15-/m0/s1. The Morgan fingerprint density at radius 1 is 1.56 bits per heavy atom. The van der Waals surface area contributed by atoms with Crippen LogP contribution >= 0.6 is 23.1 Å². The molecule has 1 saturated heterocycles. The molecule has 1 aliphatic rings. The fraction of sp³-hybridized carbons (Fsp3) is 0.632. The summed E-state index contributed by atoms with van der Waals surface area (Å²) in [4.78, 5) is 29.0. The van der Waals surface area contributed by atoms with E-state index in [4.69, 9.17) is 5.11 Å². The van der Waals surface area contributed by atoms with Crippen LogP contribution in [0.3, 0.4) is 0 Å². The Morgan fingerprint density at radius 3 is 2.93 bits per heavy atom. The average molecular weight is 413 g/mol. The zero-order valence-corrected chi connectivity index (χ0v) is 17.7. The minimum atomic E-state index is -1.03. The minimum absolute atomic E-state index is 0.0102. The van der Waals surface area contributed by atoms with Gasteiger partial charge in [0.05, 0.1) is 12.1 Å². The summed E-state index contributed by atoms with van der Waals surface area (Å²) >= 11 is 2.77. The molecule has 1 aromatic rings. The number of aromatic carboxylic acids is 1. The third-order valence-electron chi connectivity index (χ3n) is 4.85. The number of likely N-dealkylation sites (tertiary alicyclic amines) is 1. The lowest BCUT2D eigenvalue weighted by molar-refractivity contribution is -0.128. The first-order valence-corrected chi connectivity index (χ1v) is 11.1. The van der Waals surface area contributed by atoms with E-state index >= 15 is 0 Å². The molecule has 1 aromatic heterocycles. The van der Waals surface area contributed by atoms with Gasteiger partial charge in [-0.25, -0.2) is 9.78 Å². The Labute approximate surface area is 168 Å². The highest BCUT2D eigenvalue weighted by Crippen LogP contribution is 2.29. The minimum Gasteiger partial charge on any atom is -0.476 e. The van der Waals surface area contributed by atoms with E-state index < -0.39 is 12.1 Å². The molecule has 8 heteroatoms. The summed E-state index contributed by atoms with van der Waals surface area (Å²) in [5.74, 6) is -0.243. The molecule has 0 bridgehead atoms. The molecule has 6 nitrogen and oxygen atoms in total. The second-order valence-electron chi connectivity index (χ2n) is 7.41. The number of hydrogen-bond donors (Lipinski definition) is 2. The van der Waals surface area contributed by atoms with Crippen LogP contribution in [-0.4, -0.2) is 56.4 Å². The smallest absolute Gasteiger partial charge is 0.355 e. The SMILES string of the molecule is CCCC(C)(C)[C@@H](O)/C=C/[C@H]1CCC(=O)N1CCSc1nc(C(=O)O)cs1. The maximum atomic E-state index is 12.2. The number of carboxylic acid groups (broad SMARTS) is 1. The van der Waals surface area contributed by atoms with Crippen LogP contribution in [0.4, 0.5) is 0 Å². The van der Waals surface area contributed by atoms with Crippen molar-refractivity contribution in [3.05, 3.63) is 23.2 Å². The zero-order chi connectivity index (χ0) is 20.0. The summed E-state index contributed by atoms with van der Waals surface area (Å²) in [5, 5.41) is 20.9. The molecule has 0 saturated carbocycles. The molecule has 2 N–H and O–H groups in total. The van der Waals surface area contributed by atoms with E-state index in [1.807, 2.05) is 17.1 Å². The number of carbonyl (C=O) groups excluding carboxylic acids is 1. The molecule has 1 fully saturated rings. The summed E-state index contributed by atoms with van der Waals surface area (Å²) in [6.07, 6.45) is 6.51. The number of hydrogen-bond acceptors (Lipinski definition) is 6. The van der Waals surface area contributed by atoms with Gasteiger partial charge in [0.1, 0.15) is 0 Å². The molecular weight excluding hydrogens is 384 g/mol. The van der Waals surface area contributed by atoms with Gasteiger partial charge in [-0.3, -0.25) is 4.79 Å². The largest absolute Gasteiger partial charge is 0.476 e. The number of aliphatic hydroxyl groups excluding tert-OH is 1. The van der Waals surface area contributed by atoms with Crippen LogP contribution in [0.1, 0.15) is 56.9 Å². The van der Waals surface area contributed by atoms with Crippen molar-refractivity contribution in [2.45, 2.75) is 62.9 Å². The molecule has 0 radical (unpaired) electrons. The van der Waals surface area contributed by atoms with Crippen LogP contribution in [0.15, 0.2) is 21.9 Å². The molecule has 27 heavy (non-hydrogen) atoms. The van der Waals surface area contributed by atoms with Crippen molar-refractivity contribution in [2.24, 2.45) is 5.41 Å². The fourth-order valence-electron chi connectivity index (χ4n) is 3.19. The second kappa shape index (κ2) is 9.71. The van der Waals surface area contributed by atoms with Gasteiger partial charge in [0.2, 0.25) is 5.91 Å². The van der Waals surface area contributed by atoms with E-state index in [9.17, 15) is 14.7 Å². The number of amides is 1. The van der Waals surface area contributed by atoms with Crippen LogP contribution in [0.2, 0.25) is 0 Å². The van der Waals surface area contributed by atoms with Gasteiger partial charge in [-0.2, -0.15) is 0 Å². The molecule has 2 atom stereocenters. The number of carbonyl (C=O) groups is 2. The number of nitrogens with zero attached hydrogens (tertiary/aromatic N) is 2. The van der Waals surface area contributed by atoms with Crippen LogP contribution in [-0.2, 0) is 4.79 Å². The Morgan fingerprint density at radius 2 is 2.30 bits per heavy atom. The maximum absolute atomic E-state index is 12.2. The third kappa shape index (κ3) is 6.05. The van der Waals surface area contributed by atoms with Crippen molar-refractivity contribution in [3.8, 4) is 0 Å². The van der Waals surface area contributed by atoms with Gasteiger partial charge in [0, 0.05) is 24.1 Å². The number of carboxylic acids is 1. The maximum Gasteiger partial charge on any atom is 0.355 e. The predicted octanol–water partition coefficient (Wildman–Crippen LogP) is 3.67. The number of aliphatic hydroxyl groups is 1. The molecule has 1 aliphatic heterocycles. The molecular formula is C19H28N2O4S2. The van der Waals surface area contributed by atoms with E-state index in [2.05, 4.69) is 25.8 Å². The predicted molar refractivity (Wildman–Crippen MR) is 108 cm³/mol. The van der Waals surface area contributed by atoms with Crippen LogP contribution in [0, 0.1) is 5.41 Å². The van der Waals surface area contributed by atoms with Gasteiger partial charge in [-0.15, -0.1) is 11.3 Å². The van der Waals surface area contributed by atoms with E-state index in [1.165, 1.54) is 28.5 Å². The van der Waals surface area contributed by atoms with Crippen molar-refractivity contribution in [1.82, 2.24) is 9.88 Å². The summed E-state index contributed by atoms with van der Waals surface area (Å²) in [6, 6.07) is 0.0102. The molecule has 0 aliphatic carbocycles. The summed E-state index contributed by atoms with van der Waals surface area (Å²) in [5.41, 5.74) is -0.120. The monoisotopic (exact) mass is 412 g/mol. The van der Waals surface area contributed by atoms with Crippen LogP contribution in [0.25, 0.3) is 0 Å². The zero-order valence-electron chi connectivity index (χ0n) is 16.1. The molecule has 0 unspecified atom stereocenters. The van der Waals surface area contributed by atoms with Crippen LogP contribution < -0.4 is 0 Å². The summed E-state index contributed by atoms with van der Waals surface area (Å²) < 4.78 is 0.697. The fourth-order valence-corrected chi connectivity index (χ4v) is 4.99. The normalized spacial score (nSPS) is 19.2. The lowest BCUT2D eigenvalue weighted by Gasteiger charge is -2.29. The number of thioether (sulfide) groups is 1. The van der Waals surface area contributed by atoms with E-state index in [0.29, 0.717) is 23.1 Å². The van der Waals surface area contributed by atoms with Gasteiger partial charge in [-0.05, 0) is 18.3 Å². The second-order valence-corrected chi connectivity index (χ2v) is 9.61. The molecule has 150 valence electrons. The van der Waals surface area contributed by atoms with Gasteiger partial charge >= 0.3 is 5.97 Å². The first-order valence-electron chi connectivity index (χ1n) is 9.22. The van der Waals surface area contributed by atoms with E-state index in [-0.39, 0.29) is 23.1 Å². The number of rotatable bonds is 10. The molecule has 0 aromatic carbocycles. The van der Waals surface area contributed by atoms with Gasteiger partial charge in [0.25, 0.3) is 0 Å². The van der Waals surface area contributed by atoms with Crippen molar-refractivity contribution < 1.29 is 19.8 Å². The molecule has 2 rings (SSSR count). The van der Waals surface area contributed by atoms with E-state index in [0.717, 1.165) is 19.3 Å². The van der Waals surface area contributed by atoms with Gasteiger partial charge < -0.3 is 15.1 Å². The first kappa shape index (κ1) is 21.9. The van der Waals surface area contributed by atoms with Crippen molar-refractivity contribution >= 4 is 35.0 Å². The Balaban J connectivity index is 1.89. The van der Waals surface area contributed by atoms with Crippen molar-refractivity contribution in [2.75, 3.05) is 12.3 Å². The van der Waals surface area contributed by atoms with Gasteiger partial charge in [0.15, 0.2) is 10.0 Å². The number of aromatic nitrogens is 1. The van der Waals surface area contributed by atoms with Gasteiger partial charge in [-0.1, -0.05) is 51.1 Å². The first-order chi connectivity index (χ1) is 12.7. The lowest BCUT2D eigenvalue weighted by Crippen LogP contribution is -2.34. The highest BCUT2D eigenvalue weighted by atomic mass is 32.2. The third-order valence-corrected chi connectivity index (χ3v) is 6.85. The van der Waals surface area contributed by atoms with Crippen molar-refractivity contribution in [1.29, 1.82) is 0 Å². The quantitative estimate of drug-likeness (QED) is 0.450. The molecule has 2 heterocycles. The highest BCUT2D eigenvalue weighted by molar-refractivity contribution is 8.01. The van der Waals surface area contributed by atoms with E-state index in [1.54, 1.807) is 0 Å². The Kier molecular flexibility index (Phi) is 7.88. The average Bonchev–Trinajstić information content (AvgIpc) is 3.20. The lowest BCUT2D eigenvalue weighted by atomic mass is 9.82. The Bertz CT molecular complexity index is 687. The van der Waals surface area contributed by atoms with Crippen molar-refractivity contribution in [3.63, 3.8) is 0 Å².